The van der Waals surface area contributed by atoms with E-state index in [-0.39, 0.29) is 5.41 Å². The first kappa shape index (κ1) is 30.7. The molecular formula is C39H34N6O2. The second kappa shape index (κ2) is 13.8. The lowest BCUT2D eigenvalue weighted by molar-refractivity contribution is 0.481. The second-order valence-electron chi connectivity index (χ2n) is 11.4. The number of rotatable bonds is 10. The Morgan fingerprint density at radius 1 is 0.362 bits per heavy atom. The number of hydrogen-bond acceptors (Lipinski definition) is 8. The maximum atomic E-state index is 6.08. The molecule has 0 aliphatic rings. The van der Waals surface area contributed by atoms with Crippen molar-refractivity contribution >= 4 is 34.1 Å². The van der Waals surface area contributed by atoms with E-state index in [1.165, 1.54) is 11.1 Å². The van der Waals surface area contributed by atoms with Crippen molar-refractivity contribution < 1.29 is 9.47 Å². The van der Waals surface area contributed by atoms with Crippen molar-refractivity contribution in [1.29, 1.82) is 0 Å². The van der Waals surface area contributed by atoms with Gasteiger partial charge in [0.25, 0.3) is 0 Å². The number of azo groups is 2. The third kappa shape index (κ3) is 8.06. The van der Waals surface area contributed by atoms with Gasteiger partial charge < -0.3 is 20.9 Å². The average molecular weight is 619 g/mol. The normalized spacial score (nSPS) is 11.6. The first-order valence-electron chi connectivity index (χ1n) is 15.1. The zero-order chi connectivity index (χ0) is 32.6. The molecule has 6 rings (SSSR count). The molecule has 8 heteroatoms. The summed E-state index contributed by atoms with van der Waals surface area (Å²) >= 11 is 0. The number of nitrogens with two attached hydrogens (primary N) is 2. The molecule has 0 radical (unpaired) electrons. The fraction of sp³-hybridized carbons (Fsp3) is 0.0769. The fourth-order valence-electron chi connectivity index (χ4n) is 4.79. The molecule has 47 heavy (non-hydrogen) atoms. The summed E-state index contributed by atoms with van der Waals surface area (Å²) < 4.78 is 12.2. The Bertz CT molecular complexity index is 1820. The number of anilines is 2. The lowest BCUT2D eigenvalue weighted by Gasteiger charge is -2.26. The van der Waals surface area contributed by atoms with Gasteiger partial charge in [0.15, 0.2) is 0 Å². The highest BCUT2D eigenvalue weighted by molar-refractivity contribution is 5.50. The molecular weight excluding hydrogens is 584 g/mol. The predicted octanol–water partition coefficient (Wildman–Crippen LogP) is 11.6. The van der Waals surface area contributed by atoms with E-state index >= 15 is 0 Å². The highest BCUT2D eigenvalue weighted by Crippen LogP contribution is 2.35. The summed E-state index contributed by atoms with van der Waals surface area (Å²) in [5.74, 6) is 2.94. The number of ether oxygens (including phenoxy) is 2. The van der Waals surface area contributed by atoms with E-state index in [1.54, 1.807) is 24.3 Å². The monoisotopic (exact) mass is 618 g/mol. The van der Waals surface area contributed by atoms with Gasteiger partial charge in [-0.1, -0.05) is 38.1 Å². The Balaban J connectivity index is 1.04. The Hall–Kier alpha value is -6.28. The molecule has 0 spiro atoms. The van der Waals surface area contributed by atoms with Crippen LogP contribution in [0.2, 0.25) is 0 Å². The maximum Gasteiger partial charge on any atom is 0.127 e. The first-order valence-corrected chi connectivity index (χ1v) is 15.1. The maximum absolute atomic E-state index is 6.08. The van der Waals surface area contributed by atoms with Crippen LogP contribution in [0.25, 0.3) is 0 Å². The van der Waals surface area contributed by atoms with Crippen molar-refractivity contribution in [2.24, 2.45) is 20.5 Å². The van der Waals surface area contributed by atoms with Gasteiger partial charge in [-0.25, -0.2) is 0 Å². The molecule has 0 amide bonds. The molecule has 0 bridgehead atoms. The van der Waals surface area contributed by atoms with Gasteiger partial charge in [0.2, 0.25) is 0 Å². The molecule has 0 aliphatic heterocycles. The average Bonchev–Trinajstić information content (AvgIpc) is 3.09. The Morgan fingerprint density at radius 3 is 0.872 bits per heavy atom. The molecule has 4 N–H and O–H groups in total. The largest absolute Gasteiger partial charge is 0.457 e. The van der Waals surface area contributed by atoms with Crippen LogP contribution >= 0.6 is 0 Å². The van der Waals surface area contributed by atoms with E-state index in [1.807, 2.05) is 97.1 Å². The van der Waals surface area contributed by atoms with Crippen LogP contribution < -0.4 is 20.9 Å². The van der Waals surface area contributed by atoms with Gasteiger partial charge in [0.05, 0.1) is 22.7 Å². The smallest absolute Gasteiger partial charge is 0.127 e. The minimum absolute atomic E-state index is 0.231. The molecule has 0 unspecified atom stereocenters. The fourth-order valence-corrected chi connectivity index (χ4v) is 4.79. The zero-order valence-corrected chi connectivity index (χ0v) is 26.1. The Labute approximate surface area is 274 Å². The van der Waals surface area contributed by atoms with Crippen LogP contribution in [0.3, 0.4) is 0 Å². The molecule has 0 atom stereocenters. The number of hydrogen-bond donors (Lipinski definition) is 2. The number of nitrogens with zero attached hydrogens (tertiary/aromatic N) is 4. The molecule has 0 fully saturated rings. The summed E-state index contributed by atoms with van der Waals surface area (Å²) in [6.45, 7) is 4.40. The third-order valence-electron chi connectivity index (χ3n) is 7.64. The minimum atomic E-state index is -0.231. The van der Waals surface area contributed by atoms with Gasteiger partial charge in [-0.05, 0) is 132 Å². The van der Waals surface area contributed by atoms with Crippen molar-refractivity contribution in [2.75, 3.05) is 11.5 Å². The lowest BCUT2D eigenvalue weighted by Crippen LogP contribution is -2.18. The summed E-state index contributed by atoms with van der Waals surface area (Å²) in [7, 11) is 0. The van der Waals surface area contributed by atoms with Crippen LogP contribution in [-0.2, 0) is 5.41 Å². The van der Waals surface area contributed by atoms with Crippen molar-refractivity contribution in [1.82, 2.24) is 0 Å². The van der Waals surface area contributed by atoms with E-state index in [4.69, 9.17) is 20.9 Å². The van der Waals surface area contributed by atoms with Gasteiger partial charge in [-0.3, -0.25) is 0 Å². The Kier molecular flexibility index (Phi) is 9.02. The highest BCUT2D eigenvalue weighted by atomic mass is 16.5. The van der Waals surface area contributed by atoms with Crippen LogP contribution in [0.5, 0.6) is 23.0 Å². The first-order chi connectivity index (χ1) is 22.8. The van der Waals surface area contributed by atoms with Gasteiger partial charge in [0.1, 0.15) is 23.0 Å². The van der Waals surface area contributed by atoms with Crippen molar-refractivity contribution in [3.8, 4) is 23.0 Å². The molecule has 0 aromatic heterocycles. The topological polar surface area (TPSA) is 120 Å². The van der Waals surface area contributed by atoms with Gasteiger partial charge in [-0.15, -0.1) is 0 Å². The molecule has 6 aromatic rings. The summed E-state index contributed by atoms with van der Waals surface area (Å²) in [6, 6.07) is 45.8. The van der Waals surface area contributed by atoms with E-state index in [2.05, 4.69) is 58.6 Å². The standard InChI is InChI=1S/C39H34N6O2/c1-39(2,27-3-19-35(20-4-27)46-37-23-15-33(16-24-37)44-42-31-11-7-29(40)8-12-31)28-5-21-36(22-6-28)47-38-25-17-34(18-26-38)45-43-32-13-9-30(41)10-14-32/h3-26H,40-41H2,1-2H3/b44-42+,45-43+. The molecule has 0 heterocycles. The molecule has 0 aliphatic carbocycles. The second-order valence-corrected chi connectivity index (χ2v) is 11.4. The summed E-state index contributed by atoms with van der Waals surface area (Å²) in [5.41, 5.74) is 17.9. The Morgan fingerprint density at radius 2 is 0.596 bits per heavy atom. The van der Waals surface area contributed by atoms with E-state index in [0.29, 0.717) is 11.4 Å². The molecule has 0 saturated carbocycles. The summed E-state index contributed by atoms with van der Waals surface area (Å²) in [4.78, 5) is 0. The van der Waals surface area contributed by atoms with Gasteiger partial charge in [-0.2, -0.15) is 20.5 Å². The van der Waals surface area contributed by atoms with E-state index < -0.39 is 0 Å². The van der Waals surface area contributed by atoms with Crippen molar-refractivity contribution in [3.05, 3.63) is 157 Å². The molecule has 0 saturated heterocycles. The van der Waals surface area contributed by atoms with E-state index in [9.17, 15) is 0 Å². The number of benzene rings is 6. The molecule has 6 aromatic carbocycles. The van der Waals surface area contributed by atoms with Crippen LogP contribution in [0, 0.1) is 0 Å². The minimum Gasteiger partial charge on any atom is -0.457 e. The summed E-state index contributed by atoms with van der Waals surface area (Å²) in [5, 5.41) is 17.0. The SMILES string of the molecule is CC(C)(c1ccc(Oc2ccc(/N=N/c3ccc(N)cc3)cc2)cc1)c1ccc(Oc2ccc(/N=N/c3ccc(N)cc3)cc2)cc1. The quantitative estimate of drug-likeness (QED) is 0.117. The van der Waals surface area contributed by atoms with Crippen LogP contribution in [0.15, 0.2) is 166 Å². The van der Waals surface area contributed by atoms with Gasteiger partial charge in [0, 0.05) is 16.8 Å². The van der Waals surface area contributed by atoms with Gasteiger partial charge >= 0.3 is 0 Å². The van der Waals surface area contributed by atoms with Crippen molar-refractivity contribution in [3.63, 3.8) is 0 Å². The predicted molar refractivity (Wildman–Crippen MR) is 188 cm³/mol. The van der Waals surface area contributed by atoms with Crippen LogP contribution in [-0.4, -0.2) is 0 Å². The third-order valence-corrected chi connectivity index (χ3v) is 7.64. The molecule has 8 nitrogen and oxygen atoms in total. The highest BCUT2D eigenvalue weighted by Gasteiger charge is 2.23. The zero-order valence-electron chi connectivity index (χ0n) is 26.1. The van der Waals surface area contributed by atoms with Crippen molar-refractivity contribution in [2.45, 2.75) is 19.3 Å². The number of nitrogen functional groups attached to an aromatic ring is 2. The molecule has 232 valence electrons. The van der Waals surface area contributed by atoms with E-state index in [0.717, 1.165) is 45.7 Å². The summed E-state index contributed by atoms with van der Waals surface area (Å²) in [6.07, 6.45) is 0. The lowest BCUT2D eigenvalue weighted by atomic mass is 9.78. The van der Waals surface area contributed by atoms with Crippen LogP contribution in [0.4, 0.5) is 34.1 Å². The van der Waals surface area contributed by atoms with Crippen LogP contribution in [0.1, 0.15) is 25.0 Å².